The van der Waals surface area contributed by atoms with Crippen LogP contribution in [0.2, 0.25) is 0 Å². The number of carbonyl (C=O) groups is 2. The van der Waals surface area contributed by atoms with E-state index in [9.17, 15) is 9.59 Å². The maximum absolute atomic E-state index is 13.1. The Kier molecular flexibility index (Phi) is 7.84. The molecule has 0 radical (unpaired) electrons. The Labute approximate surface area is 194 Å². The van der Waals surface area contributed by atoms with E-state index in [0.29, 0.717) is 31.9 Å². The number of nitrogens with one attached hydrogen (secondary N) is 1. The normalized spacial score (nSPS) is 15.8. The van der Waals surface area contributed by atoms with Gasteiger partial charge >= 0.3 is 12.1 Å². The van der Waals surface area contributed by atoms with Gasteiger partial charge < -0.3 is 19.7 Å². The van der Waals surface area contributed by atoms with E-state index in [0.717, 1.165) is 11.3 Å². The van der Waals surface area contributed by atoms with Crippen molar-refractivity contribution in [1.82, 2.24) is 25.2 Å². The van der Waals surface area contributed by atoms with Crippen molar-refractivity contribution in [3.8, 4) is 17.3 Å². The number of carbonyl (C=O) groups excluding carboxylic acids is 2. The minimum Gasteiger partial charge on any atom is -0.460 e. The summed E-state index contributed by atoms with van der Waals surface area (Å²) in [6, 6.07) is 5.34. The van der Waals surface area contributed by atoms with Crippen LogP contribution in [-0.2, 0) is 9.53 Å². The number of hydrogen-bond acceptors (Lipinski definition) is 7. The minimum absolute atomic E-state index is 0.0648. The fourth-order valence-electron chi connectivity index (χ4n) is 3.53. The van der Waals surface area contributed by atoms with Crippen LogP contribution < -0.4 is 10.1 Å². The largest absolute Gasteiger partial charge is 0.460 e. The lowest BCUT2D eigenvalue weighted by Gasteiger charge is -2.35. The monoisotopic (exact) mass is 455 g/mol. The summed E-state index contributed by atoms with van der Waals surface area (Å²) in [6.45, 7) is 10.3. The van der Waals surface area contributed by atoms with Crippen molar-refractivity contribution >= 4 is 12.0 Å². The van der Waals surface area contributed by atoms with Gasteiger partial charge in [-0.2, -0.15) is 0 Å². The molecule has 2 aromatic rings. The zero-order chi connectivity index (χ0) is 24.0. The zero-order valence-electron chi connectivity index (χ0n) is 19.9. The van der Waals surface area contributed by atoms with Crippen LogP contribution in [0.1, 0.15) is 47.5 Å². The topological polar surface area (TPSA) is 107 Å². The van der Waals surface area contributed by atoms with Crippen molar-refractivity contribution < 1.29 is 19.1 Å². The number of nitrogens with zero attached hydrogens (tertiary/aromatic N) is 4. The molecule has 2 aromatic heterocycles. The van der Waals surface area contributed by atoms with Gasteiger partial charge in [-0.15, -0.1) is 0 Å². The van der Waals surface area contributed by atoms with Crippen LogP contribution in [0.5, 0.6) is 6.01 Å². The van der Waals surface area contributed by atoms with E-state index >= 15 is 0 Å². The summed E-state index contributed by atoms with van der Waals surface area (Å²) in [5, 5.41) is 2.73. The third kappa shape index (κ3) is 7.13. The highest BCUT2D eigenvalue weighted by atomic mass is 16.6. The highest BCUT2D eigenvalue weighted by Gasteiger charge is 2.33. The Hall–Kier alpha value is -3.23. The van der Waals surface area contributed by atoms with E-state index in [1.807, 2.05) is 32.0 Å². The smallest absolute Gasteiger partial charge is 0.408 e. The summed E-state index contributed by atoms with van der Waals surface area (Å²) in [7, 11) is 0. The Bertz CT molecular complexity index is 920. The lowest BCUT2D eigenvalue weighted by atomic mass is 10.0. The van der Waals surface area contributed by atoms with E-state index in [4.69, 9.17) is 9.47 Å². The molecule has 1 fully saturated rings. The van der Waals surface area contributed by atoms with E-state index in [1.165, 1.54) is 0 Å². The molecule has 0 bridgehead atoms. The van der Waals surface area contributed by atoms with Gasteiger partial charge in [0, 0.05) is 50.1 Å². The molecule has 3 heterocycles. The first kappa shape index (κ1) is 24.4. The highest BCUT2D eigenvalue weighted by Crippen LogP contribution is 2.20. The summed E-state index contributed by atoms with van der Waals surface area (Å²) in [5.74, 6) is -0.171. The molecule has 33 heavy (non-hydrogen) atoms. The maximum atomic E-state index is 13.1. The van der Waals surface area contributed by atoms with Crippen molar-refractivity contribution in [1.29, 1.82) is 0 Å². The molecule has 0 spiro atoms. The second-order valence-corrected chi connectivity index (χ2v) is 9.48. The molecule has 178 valence electrons. The molecule has 0 saturated carbocycles. The Morgan fingerprint density at radius 2 is 1.76 bits per heavy atom. The number of pyridine rings is 1. The summed E-state index contributed by atoms with van der Waals surface area (Å²) in [4.78, 5) is 39.9. The predicted molar refractivity (Wildman–Crippen MR) is 123 cm³/mol. The van der Waals surface area contributed by atoms with Gasteiger partial charge in [0.15, 0.2) is 0 Å². The molecule has 3 rings (SSSR count). The van der Waals surface area contributed by atoms with E-state index in [2.05, 4.69) is 20.3 Å². The number of rotatable bonds is 6. The van der Waals surface area contributed by atoms with Crippen LogP contribution in [0.4, 0.5) is 4.79 Å². The Morgan fingerprint density at radius 1 is 1.09 bits per heavy atom. The van der Waals surface area contributed by atoms with Crippen LogP contribution in [0.25, 0.3) is 11.3 Å². The van der Waals surface area contributed by atoms with Gasteiger partial charge in [0.25, 0.3) is 0 Å². The molecule has 1 aliphatic rings. The molecule has 1 aliphatic heterocycles. The van der Waals surface area contributed by atoms with Crippen LogP contribution in [0.3, 0.4) is 0 Å². The SMILES string of the molecule is CC(C)[C@H](NC(=O)OC(C)(C)C)C(=O)N1CCC(Oc2ncc(-c3ccccn3)cn2)CC1. The van der Waals surface area contributed by atoms with Crippen molar-refractivity contribution in [2.75, 3.05) is 13.1 Å². The number of ether oxygens (including phenoxy) is 2. The average molecular weight is 456 g/mol. The van der Waals surface area contributed by atoms with E-state index in [1.54, 1.807) is 44.3 Å². The average Bonchev–Trinajstić information content (AvgIpc) is 2.77. The summed E-state index contributed by atoms with van der Waals surface area (Å²) < 4.78 is 11.2. The van der Waals surface area contributed by atoms with Crippen molar-refractivity contribution in [3.05, 3.63) is 36.8 Å². The fraction of sp³-hybridized carbons (Fsp3) is 0.542. The van der Waals surface area contributed by atoms with Gasteiger partial charge in [-0.25, -0.2) is 14.8 Å². The standard InChI is InChI=1S/C24H33N5O4/c1-16(2)20(28-23(31)33-24(3,4)5)21(30)29-12-9-18(10-13-29)32-22-26-14-17(15-27-22)19-8-6-7-11-25-19/h6-8,11,14-16,18,20H,9-10,12-13H2,1-5H3,(H,28,31)/t20-/m0/s1. The van der Waals surface area contributed by atoms with Crippen molar-refractivity contribution in [2.24, 2.45) is 5.92 Å². The number of alkyl carbamates (subject to hydrolysis) is 1. The first-order valence-corrected chi connectivity index (χ1v) is 11.3. The molecule has 0 aliphatic carbocycles. The van der Waals surface area contributed by atoms with Crippen molar-refractivity contribution in [2.45, 2.75) is 65.2 Å². The molecule has 1 atom stereocenters. The number of piperidine rings is 1. The molecular weight excluding hydrogens is 422 g/mol. The Morgan fingerprint density at radius 3 is 2.30 bits per heavy atom. The lowest BCUT2D eigenvalue weighted by molar-refractivity contribution is -0.136. The Balaban J connectivity index is 1.52. The predicted octanol–water partition coefficient (Wildman–Crippen LogP) is 3.46. The van der Waals surface area contributed by atoms with E-state index < -0.39 is 17.7 Å². The van der Waals surface area contributed by atoms with Gasteiger partial charge in [-0.1, -0.05) is 19.9 Å². The first-order chi connectivity index (χ1) is 15.6. The molecule has 1 N–H and O–H groups in total. The van der Waals surface area contributed by atoms with Crippen LogP contribution in [0, 0.1) is 5.92 Å². The minimum atomic E-state index is -0.639. The highest BCUT2D eigenvalue weighted by molar-refractivity contribution is 5.86. The molecule has 0 aromatic carbocycles. The van der Waals surface area contributed by atoms with Gasteiger partial charge in [0.05, 0.1) is 5.69 Å². The van der Waals surface area contributed by atoms with E-state index in [-0.39, 0.29) is 17.9 Å². The molecule has 9 nitrogen and oxygen atoms in total. The quantitative estimate of drug-likeness (QED) is 0.711. The van der Waals surface area contributed by atoms with Gasteiger partial charge in [-0.05, 0) is 38.8 Å². The molecular formula is C24H33N5O4. The second kappa shape index (κ2) is 10.6. The maximum Gasteiger partial charge on any atom is 0.408 e. The van der Waals surface area contributed by atoms with Gasteiger partial charge in [0.1, 0.15) is 17.7 Å². The molecule has 9 heteroatoms. The van der Waals surface area contributed by atoms with Gasteiger partial charge in [-0.3, -0.25) is 9.78 Å². The van der Waals surface area contributed by atoms with Gasteiger partial charge in [0.2, 0.25) is 5.91 Å². The lowest BCUT2D eigenvalue weighted by Crippen LogP contribution is -2.54. The second-order valence-electron chi connectivity index (χ2n) is 9.48. The fourth-order valence-corrected chi connectivity index (χ4v) is 3.53. The third-order valence-electron chi connectivity index (χ3n) is 5.22. The number of amides is 2. The molecule has 1 saturated heterocycles. The number of likely N-dealkylation sites (tertiary alicyclic amines) is 1. The zero-order valence-corrected chi connectivity index (χ0v) is 19.9. The van der Waals surface area contributed by atoms with Crippen LogP contribution >= 0.6 is 0 Å². The van der Waals surface area contributed by atoms with Crippen molar-refractivity contribution in [3.63, 3.8) is 0 Å². The third-order valence-corrected chi connectivity index (χ3v) is 5.22. The summed E-state index contributed by atoms with van der Waals surface area (Å²) in [6.07, 6.45) is 5.77. The van der Waals surface area contributed by atoms with Crippen LogP contribution in [0.15, 0.2) is 36.8 Å². The number of hydrogen-bond donors (Lipinski definition) is 1. The summed E-state index contributed by atoms with van der Waals surface area (Å²) in [5.41, 5.74) is 0.999. The summed E-state index contributed by atoms with van der Waals surface area (Å²) >= 11 is 0. The number of aromatic nitrogens is 3. The first-order valence-electron chi connectivity index (χ1n) is 11.3. The van der Waals surface area contributed by atoms with Crippen LogP contribution in [-0.4, -0.2) is 62.7 Å². The molecule has 2 amide bonds. The molecule has 0 unspecified atom stereocenters.